The van der Waals surface area contributed by atoms with E-state index in [2.05, 4.69) is 15.3 Å². The maximum absolute atomic E-state index is 12.9. The lowest BCUT2D eigenvalue weighted by atomic mass is 10.2. The summed E-state index contributed by atoms with van der Waals surface area (Å²) in [6.45, 7) is 2.08. The van der Waals surface area contributed by atoms with E-state index in [-0.39, 0.29) is 42.3 Å². The van der Waals surface area contributed by atoms with E-state index in [1.54, 1.807) is 0 Å². The van der Waals surface area contributed by atoms with E-state index < -0.39 is 17.5 Å². The van der Waals surface area contributed by atoms with Crippen molar-refractivity contribution in [2.45, 2.75) is 25.9 Å². The summed E-state index contributed by atoms with van der Waals surface area (Å²) < 4.78 is 12.9. The predicted octanol–water partition coefficient (Wildman–Crippen LogP) is 1.87. The van der Waals surface area contributed by atoms with E-state index in [0.717, 1.165) is 0 Å². The number of halogens is 2. The van der Waals surface area contributed by atoms with Gasteiger partial charge < -0.3 is 20.4 Å². The molecule has 0 saturated carbocycles. The number of nitrogens with one attached hydrogen (secondary N) is 1. The highest BCUT2D eigenvalue weighted by Crippen LogP contribution is 2.25. The van der Waals surface area contributed by atoms with Crippen molar-refractivity contribution in [2.75, 3.05) is 14.1 Å². The standard InChI is InChI=1S/C17H21FN4O3.ClH/c1-10(22(2)3)8-13-20-14(15(23)17(25)21-13)16(24)19-9-11-4-6-12(18)7-5-11;/h4-7,10,23H,8-9H2,1-3H3,(H,19,24)(H,20,21,25);1H. The van der Waals surface area contributed by atoms with Gasteiger partial charge in [-0.15, -0.1) is 12.4 Å². The summed E-state index contributed by atoms with van der Waals surface area (Å²) in [5.41, 5.74) is 0.393. The van der Waals surface area contributed by atoms with Gasteiger partial charge in [0.1, 0.15) is 11.6 Å². The quantitative estimate of drug-likeness (QED) is 0.703. The number of nitrogens with zero attached hydrogens (tertiary/aromatic N) is 3. The Bertz CT molecular complexity index is 756. The molecule has 1 heterocycles. The lowest BCUT2D eigenvalue weighted by Gasteiger charge is -2.19. The molecule has 0 fully saturated rings. The molecule has 142 valence electrons. The minimum Gasteiger partial charge on any atom is -0.501 e. The van der Waals surface area contributed by atoms with Crippen LogP contribution < -0.4 is 5.32 Å². The zero-order valence-electron chi connectivity index (χ0n) is 14.7. The van der Waals surface area contributed by atoms with Crippen molar-refractivity contribution >= 4 is 18.3 Å². The van der Waals surface area contributed by atoms with Crippen molar-refractivity contribution in [2.24, 2.45) is 0 Å². The zero-order chi connectivity index (χ0) is 18.6. The van der Waals surface area contributed by atoms with Gasteiger partial charge in [-0.05, 0) is 38.7 Å². The number of benzene rings is 1. The second-order valence-corrected chi connectivity index (χ2v) is 5.99. The number of likely N-dealkylation sites (N-methyl/N-ethyl adjacent to an activating group) is 1. The number of hydrogen-bond donors (Lipinski definition) is 3. The number of hydrogen-bond acceptors (Lipinski definition) is 6. The van der Waals surface area contributed by atoms with Gasteiger partial charge in [0.25, 0.3) is 11.8 Å². The molecule has 0 saturated heterocycles. The molecule has 0 radical (unpaired) electrons. The highest BCUT2D eigenvalue weighted by Gasteiger charge is 2.20. The molecule has 0 aliphatic rings. The van der Waals surface area contributed by atoms with Crippen molar-refractivity contribution < 1.29 is 19.4 Å². The minimum atomic E-state index is -0.669. The first-order valence-corrected chi connectivity index (χ1v) is 7.75. The second kappa shape index (κ2) is 9.30. The van der Waals surface area contributed by atoms with Crippen LogP contribution in [0.2, 0.25) is 0 Å². The van der Waals surface area contributed by atoms with Crippen molar-refractivity contribution in [3.63, 3.8) is 0 Å². The molecule has 1 aromatic carbocycles. The van der Waals surface area contributed by atoms with Gasteiger partial charge in [0.05, 0.1) is 0 Å². The van der Waals surface area contributed by atoms with Crippen LogP contribution in [0.5, 0.6) is 11.6 Å². The van der Waals surface area contributed by atoms with Crippen molar-refractivity contribution in [3.8, 4) is 11.6 Å². The number of carbonyl (C=O) groups excluding carboxylic acids is 1. The third-order valence-electron chi connectivity index (χ3n) is 3.85. The van der Waals surface area contributed by atoms with Gasteiger partial charge >= 0.3 is 0 Å². The van der Waals surface area contributed by atoms with E-state index >= 15 is 0 Å². The topological polar surface area (TPSA) is 98.6 Å². The molecule has 7 nitrogen and oxygen atoms in total. The third-order valence-corrected chi connectivity index (χ3v) is 3.85. The first kappa shape index (κ1) is 21.6. The monoisotopic (exact) mass is 384 g/mol. The minimum absolute atomic E-state index is 0. The molecule has 1 unspecified atom stereocenters. The summed E-state index contributed by atoms with van der Waals surface area (Å²) in [6.07, 6.45) is 0.402. The summed E-state index contributed by atoms with van der Waals surface area (Å²) in [4.78, 5) is 22.1. The Hall–Kier alpha value is -2.45. The van der Waals surface area contributed by atoms with Gasteiger partial charge in [-0.25, -0.2) is 9.37 Å². The summed E-state index contributed by atoms with van der Waals surface area (Å²) in [6, 6.07) is 5.74. The molecule has 2 aromatic rings. The summed E-state index contributed by atoms with van der Waals surface area (Å²) in [5.74, 6) is -2.07. The first-order valence-electron chi connectivity index (χ1n) is 7.75. The van der Waals surface area contributed by atoms with E-state index in [4.69, 9.17) is 0 Å². The largest absolute Gasteiger partial charge is 0.501 e. The Morgan fingerprint density at radius 2 is 1.85 bits per heavy atom. The van der Waals surface area contributed by atoms with Gasteiger partial charge in [0, 0.05) is 19.0 Å². The van der Waals surface area contributed by atoms with Crippen molar-refractivity contribution in [1.82, 2.24) is 20.2 Å². The Morgan fingerprint density at radius 1 is 1.23 bits per heavy atom. The zero-order valence-corrected chi connectivity index (χ0v) is 15.5. The molecule has 1 atom stereocenters. The molecule has 0 bridgehead atoms. The van der Waals surface area contributed by atoms with Crippen LogP contribution in [0.1, 0.15) is 28.8 Å². The predicted molar refractivity (Wildman–Crippen MR) is 97.0 cm³/mol. The van der Waals surface area contributed by atoms with E-state index in [1.165, 1.54) is 24.3 Å². The average Bonchev–Trinajstić information content (AvgIpc) is 2.57. The fourth-order valence-corrected chi connectivity index (χ4v) is 2.05. The summed E-state index contributed by atoms with van der Waals surface area (Å²) in [7, 11) is 3.78. The smallest absolute Gasteiger partial charge is 0.274 e. The highest BCUT2D eigenvalue weighted by molar-refractivity contribution is 5.95. The van der Waals surface area contributed by atoms with Crippen LogP contribution in [0.25, 0.3) is 0 Å². The molecule has 1 amide bonds. The highest BCUT2D eigenvalue weighted by atomic mass is 35.5. The number of aromatic hydroxyl groups is 2. The lowest BCUT2D eigenvalue weighted by molar-refractivity contribution is 0.0941. The fraction of sp³-hybridized carbons (Fsp3) is 0.353. The van der Waals surface area contributed by atoms with Crippen LogP contribution in [0.4, 0.5) is 4.39 Å². The van der Waals surface area contributed by atoms with Gasteiger partial charge in [0.15, 0.2) is 5.69 Å². The average molecular weight is 385 g/mol. The Balaban J connectivity index is 0.00000338. The van der Waals surface area contributed by atoms with E-state index in [0.29, 0.717) is 12.0 Å². The van der Waals surface area contributed by atoms with Crippen LogP contribution in [-0.2, 0) is 13.0 Å². The molecule has 0 spiro atoms. The van der Waals surface area contributed by atoms with Crippen molar-refractivity contribution in [1.29, 1.82) is 0 Å². The maximum Gasteiger partial charge on any atom is 0.274 e. The summed E-state index contributed by atoms with van der Waals surface area (Å²) in [5, 5.41) is 22.2. The van der Waals surface area contributed by atoms with Crippen LogP contribution in [0.3, 0.4) is 0 Å². The SMILES string of the molecule is CC(Cc1nc(O)c(O)c(C(=O)NCc2ccc(F)cc2)n1)N(C)C.Cl. The molecule has 9 heteroatoms. The van der Waals surface area contributed by atoms with Gasteiger partial charge in [-0.2, -0.15) is 4.98 Å². The third kappa shape index (κ3) is 5.53. The lowest BCUT2D eigenvalue weighted by Crippen LogP contribution is -2.28. The maximum atomic E-state index is 12.9. The second-order valence-electron chi connectivity index (χ2n) is 5.99. The normalized spacial score (nSPS) is 11.7. The molecule has 0 aliphatic heterocycles. The molecule has 1 aromatic heterocycles. The number of amides is 1. The summed E-state index contributed by atoms with van der Waals surface area (Å²) >= 11 is 0. The Kier molecular flexibility index (Phi) is 7.73. The molecular formula is C17H22ClFN4O3. The van der Waals surface area contributed by atoms with Gasteiger partial charge in [0.2, 0.25) is 5.75 Å². The molecule has 0 aliphatic carbocycles. The molecular weight excluding hydrogens is 363 g/mol. The van der Waals surface area contributed by atoms with Crippen LogP contribution in [0, 0.1) is 5.82 Å². The van der Waals surface area contributed by atoms with Crippen LogP contribution in [0.15, 0.2) is 24.3 Å². The van der Waals surface area contributed by atoms with Gasteiger partial charge in [-0.1, -0.05) is 12.1 Å². The molecule has 3 N–H and O–H groups in total. The number of aromatic nitrogens is 2. The van der Waals surface area contributed by atoms with Crippen LogP contribution >= 0.6 is 12.4 Å². The number of rotatable bonds is 6. The Labute approximate surface area is 157 Å². The fourth-order valence-electron chi connectivity index (χ4n) is 2.05. The molecule has 2 rings (SSSR count). The van der Waals surface area contributed by atoms with E-state index in [1.807, 2.05) is 25.9 Å². The first-order chi connectivity index (χ1) is 11.8. The van der Waals surface area contributed by atoms with Crippen LogP contribution in [-0.4, -0.2) is 51.1 Å². The van der Waals surface area contributed by atoms with E-state index in [9.17, 15) is 19.4 Å². The molecule has 26 heavy (non-hydrogen) atoms. The van der Waals surface area contributed by atoms with Crippen molar-refractivity contribution in [3.05, 3.63) is 47.2 Å². The van der Waals surface area contributed by atoms with Gasteiger partial charge in [-0.3, -0.25) is 4.79 Å². The Morgan fingerprint density at radius 3 is 2.42 bits per heavy atom. The number of carbonyl (C=O) groups is 1.